The van der Waals surface area contributed by atoms with E-state index in [2.05, 4.69) is 60.5 Å². The Hall–Kier alpha value is -3.34. The molecule has 0 spiro atoms. The Morgan fingerprint density at radius 2 is 1.72 bits per heavy atom. The third kappa shape index (κ3) is 3.32. The van der Waals surface area contributed by atoms with Gasteiger partial charge < -0.3 is 10.2 Å². The van der Waals surface area contributed by atoms with Crippen LogP contribution < -0.4 is 10.2 Å². The molecule has 2 heterocycles. The number of aromatic nitrogens is 2. The summed E-state index contributed by atoms with van der Waals surface area (Å²) in [5.41, 5.74) is 7.21. The molecule has 0 saturated carbocycles. The largest absolute Gasteiger partial charge is 0.378 e. The van der Waals surface area contributed by atoms with Crippen LogP contribution >= 0.6 is 0 Å². The molecule has 164 valence electrons. The minimum atomic E-state index is -0.112. The van der Waals surface area contributed by atoms with Crippen molar-refractivity contribution < 1.29 is 4.79 Å². The van der Waals surface area contributed by atoms with E-state index in [9.17, 15) is 4.79 Å². The predicted molar refractivity (Wildman–Crippen MR) is 130 cm³/mol. The van der Waals surface area contributed by atoms with E-state index < -0.39 is 0 Å². The van der Waals surface area contributed by atoms with Crippen molar-refractivity contribution in [3.05, 3.63) is 82.7 Å². The lowest BCUT2D eigenvalue weighted by Crippen LogP contribution is -2.34. The molecular weight excluding hydrogens is 396 g/mol. The lowest BCUT2D eigenvalue weighted by atomic mass is 9.69. The molecule has 2 aromatic carbocycles. The molecule has 0 saturated heterocycles. The zero-order valence-electron chi connectivity index (χ0n) is 19.4. The first-order valence-electron chi connectivity index (χ1n) is 11.2. The molecule has 32 heavy (non-hydrogen) atoms. The third-order valence-corrected chi connectivity index (χ3v) is 6.62. The van der Waals surface area contributed by atoms with Crippen LogP contribution in [0.25, 0.3) is 5.69 Å². The van der Waals surface area contributed by atoms with Crippen molar-refractivity contribution in [3.63, 3.8) is 0 Å². The summed E-state index contributed by atoms with van der Waals surface area (Å²) in [6, 6.07) is 18.8. The molecule has 0 amide bonds. The predicted octanol–water partition coefficient (Wildman–Crippen LogP) is 5.45. The summed E-state index contributed by atoms with van der Waals surface area (Å²) in [4.78, 5) is 15.6. The van der Waals surface area contributed by atoms with Crippen LogP contribution in [0.4, 0.5) is 11.5 Å². The maximum absolute atomic E-state index is 13.5. The number of aryl methyl sites for hydroxylation is 1. The minimum Gasteiger partial charge on any atom is -0.378 e. The lowest BCUT2D eigenvalue weighted by molar-refractivity contribution is -0.118. The van der Waals surface area contributed by atoms with Gasteiger partial charge in [-0.3, -0.25) is 4.79 Å². The standard InChI is InChI=1S/C27H30N4O/c1-17-23-24(18-11-13-19(14-12-18)30(4)5)25-21(15-27(2,3)16-22(25)32)28-26(23)31(29-17)20-9-7-6-8-10-20/h6-14,24,28H,15-16H2,1-5H3. The summed E-state index contributed by atoms with van der Waals surface area (Å²) in [5.74, 6) is 1.10. The van der Waals surface area contributed by atoms with Crippen molar-refractivity contribution in [3.8, 4) is 5.69 Å². The number of allylic oxidation sites excluding steroid dienone is 2. The van der Waals surface area contributed by atoms with Gasteiger partial charge in [-0.25, -0.2) is 4.68 Å². The van der Waals surface area contributed by atoms with Crippen molar-refractivity contribution in [2.45, 2.75) is 39.5 Å². The molecule has 3 aromatic rings. The van der Waals surface area contributed by atoms with Gasteiger partial charge in [0.2, 0.25) is 0 Å². The third-order valence-electron chi connectivity index (χ3n) is 6.62. The molecule has 1 aromatic heterocycles. The molecule has 1 N–H and O–H groups in total. The minimum absolute atomic E-state index is 0.0631. The number of carbonyl (C=O) groups excluding carboxylic acids is 1. The van der Waals surface area contributed by atoms with Crippen LogP contribution in [0.3, 0.4) is 0 Å². The van der Waals surface area contributed by atoms with Gasteiger partial charge >= 0.3 is 0 Å². The Balaban J connectivity index is 1.73. The fourth-order valence-corrected chi connectivity index (χ4v) is 5.13. The Kier molecular flexibility index (Phi) is 4.73. The van der Waals surface area contributed by atoms with Crippen LogP contribution in [0, 0.1) is 12.3 Å². The molecule has 0 bridgehead atoms. The monoisotopic (exact) mass is 426 g/mol. The first kappa shape index (κ1) is 20.6. The molecule has 1 atom stereocenters. The number of carbonyl (C=O) groups is 1. The average molecular weight is 427 g/mol. The molecule has 0 fully saturated rings. The molecule has 1 unspecified atom stereocenters. The summed E-state index contributed by atoms with van der Waals surface area (Å²) < 4.78 is 1.99. The summed E-state index contributed by atoms with van der Waals surface area (Å²) in [6.45, 7) is 6.39. The second-order valence-electron chi connectivity index (χ2n) is 9.97. The molecule has 1 aliphatic carbocycles. The second kappa shape index (κ2) is 7.37. The summed E-state index contributed by atoms with van der Waals surface area (Å²) in [7, 11) is 4.08. The van der Waals surface area contributed by atoms with Crippen molar-refractivity contribution in [1.82, 2.24) is 9.78 Å². The van der Waals surface area contributed by atoms with Crippen molar-refractivity contribution in [1.29, 1.82) is 0 Å². The number of nitrogens with one attached hydrogen (secondary N) is 1. The van der Waals surface area contributed by atoms with Crippen LogP contribution in [0.2, 0.25) is 0 Å². The Morgan fingerprint density at radius 3 is 2.38 bits per heavy atom. The van der Waals surface area contributed by atoms with E-state index in [1.165, 1.54) is 0 Å². The van der Waals surface area contributed by atoms with Gasteiger partial charge in [-0.15, -0.1) is 0 Å². The maximum atomic E-state index is 13.5. The molecular formula is C27H30N4O. The highest BCUT2D eigenvalue weighted by Crippen LogP contribution is 2.50. The molecule has 1 aliphatic heterocycles. The summed E-state index contributed by atoms with van der Waals surface area (Å²) in [5, 5.41) is 8.56. The van der Waals surface area contributed by atoms with E-state index in [1.807, 2.05) is 43.9 Å². The highest BCUT2D eigenvalue weighted by atomic mass is 16.1. The quantitative estimate of drug-likeness (QED) is 0.605. The lowest BCUT2D eigenvalue weighted by Gasteiger charge is -2.38. The number of benzene rings is 2. The Morgan fingerprint density at radius 1 is 1.03 bits per heavy atom. The van der Waals surface area contributed by atoms with Gasteiger partial charge in [0.15, 0.2) is 5.78 Å². The number of ketones is 1. The van der Waals surface area contributed by atoms with Gasteiger partial charge in [-0.2, -0.15) is 5.10 Å². The molecule has 5 nitrogen and oxygen atoms in total. The van der Waals surface area contributed by atoms with Crippen LogP contribution in [0.15, 0.2) is 65.9 Å². The van der Waals surface area contributed by atoms with Crippen molar-refractivity contribution in [2.24, 2.45) is 5.41 Å². The number of anilines is 2. The van der Waals surface area contributed by atoms with Crippen molar-refractivity contribution >= 4 is 17.3 Å². The first-order chi connectivity index (χ1) is 15.2. The van der Waals surface area contributed by atoms with Gasteiger partial charge in [0.25, 0.3) is 0 Å². The number of fused-ring (bicyclic) bond motifs is 1. The van der Waals surface area contributed by atoms with Gasteiger partial charge in [0, 0.05) is 49.0 Å². The van der Waals surface area contributed by atoms with Gasteiger partial charge in [-0.1, -0.05) is 44.2 Å². The van der Waals surface area contributed by atoms with Crippen LogP contribution in [0.1, 0.15) is 49.4 Å². The number of hydrogen-bond acceptors (Lipinski definition) is 4. The summed E-state index contributed by atoms with van der Waals surface area (Å²) in [6.07, 6.45) is 1.42. The second-order valence-corrected chi connectivity index (χ2v) is 9.97. The van der Waals surface area contributed by atoms with Crippen LogP contribution in [-0.2, 0) is 4.79 Å². The number of nitrogens with zero attached hydrogens (tertiary/aromatic N) is 3. The van der Waals surface area contributed by atoms with E-state index in [0.717, 1.165) is 51.7 Å². The molecule has 2 aliphatic rings. The number of rotatable bonds is 3. The van der Waals surface area contributed by atoms with Gasteiger partial charge in [0.05, 0.1) is 11.4 Å². The van der Waals surface area contributed by atoms with Crippen LogP contribution in [-0.4, -0.2) is 29.7 Å². The molecule has 5 heteroatoms. The number of hydrogen-bond donors (Lipinski definition) is 1. The zero-order valence-corrected chi connectivity index (χ0v) is 19.4. The molecule has 0 radical (unpaired) electrons. The van der Waals surface area contributed by atoms with E-state index in [-0.39, 0.29) is 17.1 Å². The highest BCUT2D eigenvalue weighted by Gasteiger charge is 2.42. The van der Waals surface area contributed by atoms with E-state index in [4.69, 9.17) is 5.10 Å². The highest BCUT2D eigenvalue weighted by molar-refractivity contribution is 6.01. The zero-order chi connectivity index (χ0) is 22.6. The normalized spacial score (nSPS) is 19.3. The summed E-state index contributed by atoms with van der Waals surface area (Å²) >= 11 is 0. The van der Waals surface area contributed by atoms with E-state index in [1.54, 1.807) is 0 Å². The van der Waals surface area contributed by atoms with Gasteiger partial charge in [0.1, 0.15) is 5.82 Å². The van der Waals surface area contributed by atoms with Crippen LogP contribution in [0.5, 0.6) is 0 Å². The Labute approximate surface area is 189 Å². The smallest absolute Gasteiger partial charge is 0.162 e. The number of Topliss-reactive ketones (excluding diaryl/α,β-unsaturated/α-hetero) is 1. The van der Waals surface area contributed by atoms with E-state index >= 15 is 0 Å². The SMILES string of the molecule is Cc1nn(-c2ccccc2)c2c1C(c1ccc(N(C)C)cc1)C1=C(CC(C)(C)CC1=O)N2. The Bertz CT molecular complexity index is 1220. The fourth-order valence-electron chi connectivity index (χ4n) is 5.13. The molecule has 5 rings (SSSR count). The fraction of sp³-hybridized carbons (Fsp3) is 0.333. The topological polar surface area (TPSA) is 50.2 Å². The number of para-hydroxylation sites is 1. The first-order valence-corrected chi connectivity index (χ1v) is 11.2. The van der Waals surface area contributed by atoms with Gasteiger partial charge in [-0.05, 0) is 48.6 Å². The average Bonchev–Trinajstić information content (AvgIpc) is 3.08. The maximum Gasteiger partial charge on any atom is 0.162 e. The van der Waals surface area contributed by atoms with Crippen molar-refractivity contribution in [2.75, 3.05) is 24.3 Å². The van der Waals surface area contributed by atoms with E-state index in [0.29, 0.717) is 6.42 Å².